The molecule has 3 nitrogen and oxygen atoms in total. The topological polar surface area (TPSA) is 29.3 Å². The number of furan rings is 1. The van der Waals surface area contributed by atoms with Crippen LogP contribution >= 0.6 is 0 Å². The van der Waals surface area contributed by atoms with Crippen LogP contribution in [0.15, 0.2) is 199 Å². The van der Waals surface area contributed by atoms with E-state index >= 15 is 0 Å². The lowest BCUT2D eigenvalue weighted by atomic mass is 9.92. The minimum absolute atomic E-state index is 0.640. The second kappa shape index (κ2) is 12.4. The molecule has 0 saturated heterocycles. The minimum atomic E-state index is 0.640. The fourth-order valence-electron chi connectivity index (χ4n) is 7.69. The van der Waals surface area contributed by atoms with Crippen molar-refractivity contribution in [2.24, 2.45) is 0 Å². The molecule has 8 aromatic carbocycles. The number of benzene rings is 8. The van der Waals surface area contributed by atoms with Gasteiger partial charge in [0.2, 0.25) is 5.71 Å². The fraction of sp³-hybridized carbons (Fsp3) is 0. The van der Waals surface area contributed by atoms with Gasteiger partial charge in [0, 0.05) is 33.6 Å². The molecule has 0 unspecified atom stereocenters. The molecule has 0 amide bonds. The molecule has 0 radical (unpaired) electrons. The van der Waals surface area contributed by atoms with Gasteiger partial charge in [0.1, 0.15) is 5.58 Å². The molecule has 0 spiro atoms. The zero-order chi connectivity index (χ0) is 34.4. The van der Waals surface area contributed by atoms with Crippen LogP contribution < -0.4 is 4.90 Å². The van der Waals surface area contributed by atoms with Gasteiger partial charge >= 0.3 is 0 Å². The summed E-state index contributed by atoms with van der Waals surface area (Å²) < 4.78 is 6.63. The van der Waals surface area contributed by atoms with E-state index in [9.17, 15) is 0 Å². The standard InChI is InChI=1S/C49H32N2O/c1-3-13-33(14-4-1)37-20-9-21-39(31-37)51(46-25-11-19-36-26-28-42-43-24-12-30-50-49(43)52-48(42)47(36)46)45-29-27-38(34-15-5-2-6-16-34)32-44(45)41-23-10-18-35-17-7-8-22-40(35)41/h1-32H. The second-order valence-electron chi connectivity index (χ2n) is 13.2. The number of nitrogens with zero attached hydrogens (tertiary/aromatic N) is 2. The Balaban J connectivity index is 1.32. The highest BCUT2D eigenvalue weighted by Crippen LogP contribution is 2.48. The first-order valence-corrected chi connectivity index (χ1v) is 17.6. The summed E-state index contributed by atoms with van der Waals surface area (Å²) in [6.45, 7) is 0. The monoisotopic (exact) mass is 664 g/mol. The predicted molar refractivity (Wildman–Crippen MR) is 218 cm³/mol. The Labute approximate surface area is 301 Å². The van der Waals surface area contributed by atoms with Crippen LogP contribution in [0.5, 0.6) is 0 Å². The maximum atomic E-state index is 6.63. The molecule has 10 rings (SSSR count). The van der Waals surface area contributed by atoms with Gasteiger partial charge in [-0.15, -0.1) is 0 Å². The molecule has 52 heavy (non-hydrogen) atoms. The number of pyridine rings is 1. The van der Waals surface area contributed by atoms with E-state index in [0.717, 1.165) is 60.9 Å². The third-order valence-electron chi connectivity index (χ3n) is 10.1. The van der Waals surface area contributed by atoms with Crippen molar-refractivity contribution in [2.45, 2.75) is 0 Å². The molecule has 0 aliphatic heterocycles. The van der Waals surface area contributed by atoms with Crippen molar-refractivity contribution in [1.29, 1.82) is 0 Å². The highest BCUT2D eigenvalue weighted by Gasteiger charge is 2.24. The van der Waals surface area contributed by atoms with E-state index in [0.29, 0.717) is 5.71 Å². The van der Waals surface area contributed by atoms with E-state index in [1.54, 1.807) is 6.20 Å². The Morgan fingerprint density at radius 3 is 1.92 bits per heavy atom. The van der Waals surface area contributed by atoms with Gasteiger partial charge in [-0.3, -0.25) is 0 Å². The van der Waals surface area contributed by atoms with Gasteiger partial charge in [0.25, 0.3) is 0 Å². The van der Waals surface area contributed by atoms with E-state index in [2.05, 4.69) is 192 Å². The van der Waals surface area contributed by atoms with Gasteiger partial charge in [-0.1, -0.05) is 140 Å². The maximum Gasteiger partial charge on any atom is 0.227 e. The first-order valence-electron chi connectivity index (χ1n) is 17.6. The van der Waals surface area contributed by atoms with Crippen molar-refractivity contribution >= 4 is 60.7 Å². The van der Waals surface area contributed by atoms with Crippen LogP contribution in [0.2, 0.25) is 0 Å². The summed E-state index contributed by atoms with van der Waals surface area (Å²) >= 11 is 0. The number of hydrogen-bond donors (Lipinski definition) is 0. The van der Waals surface area contributed by atoms with E-state index in [1.807, 2.05) is 6.07 Å². The average Bonchev–Trinajstić information content (AvgIpc) is 3.61. The lowest BCUT2D eigenvalue weighted by molar-refractivity contribution is 0.657. The Hall–Kier alpha value is -6.97. The van der Waals surface area contributed by atoms with Gasteiger partial charge in [-0.2, -0.15) is 0 Å². The molecular weight excluding hydrogens is 633 g/mol. The molecular formula is C49H32N2O. The van der Waals surface area contributed by atoms with Crippen LogP contribution in [0.4, 0.5) is 17.1 Å². The van der Waals surface area contributed by atoms with Crippen molar-refractivity contribution in [1.82, 2.24) is 4.98 Å². The van der Waals surface area contributed by atoms with Crippen LogP contribution in [0.1, 0.15) is 0 Å². The van der Waals surface area contributed by atoms with Gasteiger partial charge in [-0.25, -0.2) is 4.98 Å². The highest BCUT2D eigenvalue weighted by molar-refractivity contribution is 6.19. The molecule has 0 aliphatic carbocycles. The van der Waals surface area contributed by atoms with Crippen LogP contribution in [0, 0.1) is 0 Å². The Bertz CT molecular complexity index is 2910. The summed E-state index contributed by atoms with van der Waals surface area (Å²) in [5, 5.41) is 6.61. The molecule has 0 N–H and O–H groups in total. The van der Waals surface area contributed by atoms with Crippen molar-refractivity contribution < 1.29 is 4.42 Å². The van der Waals surface area contributed by atoms with Crippen LogP contribution in [-0.2, 0) is 0 Å². The molecule has 3 heteroatoms. The normalized spacial score (nSPS) is 11.5. The summed E-state index contributed by atoms with van der Waals surface area (Å²) in [6.07, 6.45) is 1.79. The SMILES string of the molecule is c1ccc(-c2cccc(N(c3ccc(-c4ccccc4)cc3-c3cccc4ccccc34)c3cccc4ccc5c6cccnc6oc5c34)c2)cc1. The van der Waals surface area contributed by atoms with E-state index < -0.39 is 0 Å². The number of anilines is 3. The van der Waals surface area contributed by atoms with E-state index in [1.165, 1.54) is 27.5 Å². The van der Waals surface area contributed by atoms with E-state index in [4.69, 9.17) is 4.42 Å². The van der Waals surface area contributed by atoms with Gasteiger partial charge < -0.3 is 9.32 Å². The van der Waals surface area contributed by atoms with Gasteiger partial charge in [0.15, 0.2) is 0 Å². The fourth-order valence-corrected chi connectivity index (χ4v) is 7.69. The first kappa shape index (κ1) is 29.9. The summed E-state index contributed by atoms with van der Waals surface area (Å²) in [7, 11) is 0. The smallest absolute Gasteiger partial charge is 0.227 e. The second-order valence-corrected chi connectivity index (χ2v) is 13.2. The van der Waals surface area contributed by atoms with Crippen LogP contribution in [0.25, 0.3) is 77.0 Å². The average molecular weight is 665 g/mol. The number of hydrogen-bond acceptors (Lipinski definition) is 3. The van der Waals surface area contributed by atoms with Crippen molar-refractivity contribution in [3.8, 4) is 33.4 Å². The molecule has 0 atom stereocenters. The summed E-state index contributed by atoms with van der Waals surface area (Å²) in [5.41, 5.74) is 11.6. The highest BCUT2D eigenvalue weighted by atomic mass is 16.3. The Kier molecular flexibility index (Phi) is 7.14. The van der Waals surface area contributed by atoms with Gasteiger partial charge in [0.05, 0.1) is 11.4 Å². The Morgan fingerprint density at radius 2 is 1.08 bits per heavy atom. The molecule has 0 bridgehead atoms. The quantitative estimate of drug-likeness (QED) is 0.177. The van der Waals surface area contributed by atoms with Crippen molar-refractivity contribution in [2.75, 3.05) is 4.90 Å². The first-order chi connectivity index (χ1) is 25.8. The molecule has 2 heterocycles. The number of aromatic nitrogens is 1. The minimum Gasteiger partial charge on any atom is -0.437 e. The zero-order valence-corrected chi connectivity index (χ0v) is 28.3. The summed E-state index contributed by atoms with van der Waals surface area (Å²) in [5.74, 6) is 0. The lowest BCUT2D eigenvalue weighted by Gasteiger charge is -2.30. The molecule has 2 aromatic heterocycles. The number of fused-ring (bicyclic) bond motifs is 6. The zero-order valence-electron chi connectivity index (χ0n) is 28.3. The molecule has 0 saturated carbocycles. The van der Waals surface area contributed by atoms with Crippen LogP contribution in [0.3, 0.4) is 0 Å². The van der Waals surface area contributed by atoms with E-state index in [-0.39, 0.29) is 0 Å². The molecule has 0 aliphatic rings. The molecule has 244 valence electrons. The third-order valence-corrected chi connectivity index (χ3v) is 10.1. The predicted octanol–water partition coefficient (Wildman–Crippen LogP) is 13.8. The third kappa shape index (κ3) is 5.02. The molecule has 0 fully saturated rings. The maximum absolute atomic E-state index is 6.63. The molecule has 10 aromatic rings. The largest absolute Gasteiger partial charge is 0.437 e. The lowest BCUT2D eigenvalue weighted by Crippen LogP contribution is -2.12. The van der Waals surface area contributed by atoms with Crippen molar-refractivity contribution in [3.63, 3.8) is 0 Å². The van der Waals surface area contributed by atoms with Crippen molar-refractivity contribution in [3.05, 3.63) is 194 Å². The van der Waals surface area contributed by atoms with Crippen LogP contribution in [-0.4, -0.2) is 4.98 Å². The summed E-state index contributed by atoms with van der Waals surface area (Å²) in [6, 6.07) is 67.2. The Morgan fingerprint density at radius 1 is 0.404 bits per heavy atom. The summed E-state index contributed by atoms with van der Waals surface area (Å²) in [4.78, 5) is 7.02. The van der Waals surface area contributed by atoms with Gasteiger partial charge in [-0.05, 0) is 92.5 Å². The number of rotatable bonds is 6.